The molecule has 5 nitrogen and oxygen atoms in total. The molecule has 1 saturated heterocycles. The van der Waals surface area contributed by atoms with E-state index in [2.05, 4.69) is 27.4 Å². The first-order valence-electron chi connectivity index (χ1n) is 9.18. The molecule has 2 heterocycles. The number of nitrogens with one attached hydrogen (secondary N) is 3. The third-order valence-electron chi connectivity index (χ3n) is 4.94. The number of H-pyrrole nitrogens is 1. The molecule has 1 fully saturated rings. The number of benzene rings is 2. The minimum Gasteiger partial charge on any atom is -0.369 e. The van der Waals surface area contributed by atoms with Gasteiger partial charge in [-0.15, -0.1) is 0 Å². The van der Waals surface area contributed by atoms with Crippen LogP contribution in [0.2, 0.25) is 0 Å². The maximum absolute atomic E-state index is 14.2. The Bertz CT molecular complexity index is 980. The van der Waals surface area contributed by atoms with Crippen molar-refractivity contribution in [1.29, 1.82) is 0 Å². The lowest BCUT2D eigenvalue weighted by Crippen LogP contribution is -2.49. The Kier molecular flexibility index (Phi) is 4.58. The van der Waals surface area contributed by atoms with Gasteiger partial charge in [0.1, 0.15) is 5.82 Å². The predicted molar refractivity (Wildman–Crippen MR) is 107 cm³/mol. The van der Waals surface area contributed by atoms with Gasteiger partial charge in [0, 0.05) is 53.7 Å². The first kappa shape index (κ1) is 17.5. The Morgan fingerprint density at radius 1 is 1.22 bits per heavy atom. The van der Waals surface area contributed by atoms with Crippen LogP contribution >= 0.6 is 0 Å². The molecule has 3 aromatic rings. The maximum atomic E-state index is 14.2. The van der Waals surface area contributed by atoms with Gasteiger partial charge in [-0.2, -0.15) is 0 Å². The van der Waals surface area contributed by atoms with Crippen molar-refractivity contribution >= 4 is 28.2 Å². The van der Waals surface area contributed by atoms with E-state index in [9.17, 15) is 9.18 Å². The van der Waals surface area contributed by atoms with Gasteiger partial charge >= 0.3 is 0 Å². The average molecular weight is 366 g/mol. The predicted octanol–water partition coefficient (Wildman–Crippen LogP) is 3.67. The van der Waals surface area contributed by atoms with Gasteiger partial charge in [0.2, 0.25) is 0 Å². The number of piperazine rings is 1. The summed E-state index contributed by atoms with van der Waals surface area (Å²) in [6.07, 6.45) is 0. The Labute approximate surface area is 157 Å². The summed E-state index contributed by atoms with van der Waals surface area (Å²) in [5.74, 6) is -0.604. The standard InChI is InChI=1S/C21H23FN4O/c1-13-9-18-19(22)10-16(11-20(18)24-13)25-21(27)15-3-5-17(6-4-15)26-8-7-23-14(2)12-26/h3-6,9-11,14,23-24H,7-8,12H2,1-2H3,(H,25,27). The van der Waals surface area contributed by atoms with Crippen molar-refractivity contribution in [3.8, 4) is 0 Å². The molecule has 1 amide bonds. The molecule has 3 N–H and O–H groups in total. The summed E-state index contributed by atoms with van der Waals surface area (Å²) in [6.45, 7) is 6.88. The highest BCUT2D eigenvalue weighted by Gasteiger charge is 2.16. The Hall–Kier alpha value is -2.86. The maximum Gasteiger partial charge on any atom is 0.255 e. The number of rotatable bonds is 3. The van der Waals surface area contributed by atoms with E-state index in [1.807, 2.05) is 31.2 Å². The molecule has 0 aliphatic carbocycles. The van der Waals surface area contributed by atoms with Crippen LogP contribution in [0, 0.1) is 12.7 Å². The van der Waals surface area contributed by atoms with Crippen LogP contribution in [0.4, 0.5) is 15.8 Å². The molecule has 1 atom stereocenters. The van der Waals surface area contributed by atoms with Crippen LogP contribution in [0.5, 0.6) is 0 Å². The number of aromatic amines is 1. The van der Waals surface area contributed by atoms with Crippen molar-refractivity contribution in [2.75, 3.05) is 29.9 Å². The second kappa shape index (κ2) is 7.04. The van der Waals surface area contributed by atoms with Crippen LogP contribution < -0.4 is 15.5 Å². The Morgan fingerprint density at radius 2 is 2.00 bits per heavy atom. The third kappa shape index (κ3) is 3.66. The van der Waals surface area contributed by atoms with Gasteiger partial charge in [-0.1, -0.05) is 0 Å². The van der Waals surface area contributed by atoms with Crippen LogP contribution in [0.3, 0.4) is 0 Å². The van der Waals surface area contributed by atoms with E-state index in [1.54, 1.807) is 12.1 Å². The van der Waals surface area contributed by atoms with Gasteiger partial charge in [-0.05, 0) is 56.3 Å². The zero-order valence-corrected chi connectivity index (χ0v) is 15.5. The molecule has 1 unspecified atom stereocenters. The van der Waals surface area contributed by atoms with Crippen LogP contribution in [0.1, 0.15) is 23.0 Å². The van der Waals surface area contributed by atoms with Gasteiger partial charge in [-0.25, -0.2) is 4.39 Å². The Balaban J connectivity index is 1.49. The van der Waals surface area contributed by atoms with Crippen LogP contribution in [-0.2, 0) is 0 Å². The van der Waals surface area contributed by atoms with E-state index in [1.165, 1.54) is 6.07 Å². The van der Waals surface area contributed by atoms with E-state index in [4.69, 9.17) is 0 Å². The number of carbonyl (C=O) groups excluding carboxylic acids is 1. The van der Waals surface area contributed by atoms with Crippen LogP contribution in [-0.4, -0.2) is 36.6 Å². The fraction of sp³-hybridized carbons (Fsp3) is 0.286. The van der Waals surface area contributed by atoms with Crippen molar-refractivity contribution in [2.45, 2.75) is 19.9 Å². The van der Waals surface area contributed by atoms with E-state index in [-0.39, 0.29) is 11.7 Å². The van der Waals surface area contributed by atoms with Crippen molar-refractivity contribution in [1.82, 2.24) is 10.3 Å². The lowest BCUT2D eigenvalue weighted by atomic mass is 10.1. The topological polar surface area (TPSA) is 60.2 Å². The minimum absolute atomic E-state index is 0.253. The quantitative estimate of drug-likeness (QED) is 0.663. The second-order valence-electron chi connectivity index (χ2n) is 7.17. The molecule has 0 spiro atoms. The number of aryl methyl sites for hydroxylation is 1. The van der Waals surface area contributed by atoms with Crippen molar-refractivity contribution in [2.24, 2.45) is 0 Å². The second-order valence-corrected chi connectivity index (χ2v) is 7.17. The molecule has 27 heavy (non-hydrogen) atoms. The number of fused-ring (bicyclic) bond motifs is 1. The van der Waals surface area contributed by atoms with E-state index >= 15 is 0 Å². The number of nitrogens with zero attached hydrogens (tertiary/aromatic N) is 1. The number of hydrogen-bond donors (Lipinski definition) is 3. The summed E-state index contributed by atoms with van der Waals surface area (Å²) >= 11 is 0. The van der Waals surface area contributed by atoms with Crippen molar-refractivity contribution in [3.05, 3.63) is 59.5 Å². The third-order valence-corrected chi connectivity index (χ3v) is 4.94. The summed E-state index contributed by atoms with van der Waals surface area (Å²) in [5.41, 5.74) is 3.64. The molecule has 0 saturated carbocycles. The van der Waals surface area contributed by atoms with Gasteiger partial charge in [0.05, 0.1) is 5.52 Å². The molecule has 1 aliphatic heterocycles. The van der Waals surface area contributed by atoms with Gasteiger partial charge in [0.15, 0.2) is 0 Å². The molecule has 2 aromatic carbocycles. The number of anilines is 2. The lowest BCUT2D eigenvalue weighted by Gasteiger charge is -2.33. The first-order valence-corrected chi connectivity index (χ1v) is 9.18. The molecule has 4 rings (SSSR count). The molecule has 6 heteroatoms. The van der Waals surface area contributed by atoms with Gasteiger partial charge in [-0.3, -0.25) is 4.79 Å². The fourth-order valence-electron chi connectivity index (χ4n) is 3.60. The largest absolute Gasteiger partial charge is 0.369 e. The number of aromatic nitrogens is 1. The van der Waals surface area contributed by atoms with Gasteiger partial charge < -0.3 is 20.5 Å². The Morgan fingerprint density at radius 3 is 2.74 bits per heavy atom. The van der Waals surface area contributed by atoms with E-state index in [0.717, 1.165) is 31.0 Å². The number of carbonyl (C=O) groups is 1. The van der Waals surface area contributed by atoms with Gasteiger partial charge in [0.25, 0.3) is 5.91 Å². The van der Waals surface area contributed by atoms with Crippen LogP contribution in [0.25, 0.3) is 10.9 Å². The molecule has 0 bridgehead atoms. The average Bonchev–Trinajstić information content (AvgIpc) is 3.03. The molecule has 0 radical (unpaired) electrons. The molecular formula is C21H23FN4O. The van der Waals surface area contributed by atoms with Crippen molar-refractivity contribution in [3.63, 3.8) is 0 Å². The first-order chi connectivity index (χ1) is 13.0. The summed E-state index contributed by atoms with van der Waals surface area (Å²) in [6, 6.07) is 12.9. The van der Waals surface area contributed by atoms with Crippen molar-refractivity contribution < 1.29 is 9.18 Å². The molecule has 1 aromatic heterocycles. The zero-order chi connectivity index (χ0) is 19.0. The fourth-order valence-corrected chi connectivity index (χ4v) is 3.60. The summed E-state index contributed by atoms with van der Waals surface area (Å²) in [7, 11) is 0. The smallest absolute Gasteiger partial charge is 0.255 e. The lowest BCUT2D eigenvalue weighted by molar-refractivity contribution is 0.102. The number of amides is 1. The number of hydrogen-bond acceptors (Lipinski definition) is 3. The molecule has 1 aliphatic rings. The summed E-state index contributed by atoms with van der Waals surface area (Å²) < 4.78 is 14.2. The minimum atomic E-state index is -0.352. The molecule has 140 valence electrons. The normalized spacial score (nSPS) is 17.3. The monoisotopic (exact) mass is 366 g/mol. The summed E-state index contributed by atoms with van der Waals surface area (Å²) in [4.78, 5) is 17.9. The highest BCUT2D eigenvalue weighted by atomic mass is 19.1. The SMILES string of the molecule is Cc1cc2c(F)cc(NC(=O)c3ccc(N4CCNC(C)C4)cc3)cc2[nH]1. The highest BCUT2D eigenvalue weighted by molar-refractivity contribution is 6.05. The summed E-state index contributed by atoms with van der Waals surface area (Å²) in [5, 5.41) is 6.73. The number of halogens is 1. The highest BCUT2D eigenvalue weighted by Crippen LogP contribution is 2.24. The zero-order valence-electron chi connectivity index (χ0n) is 15.5. The van der Waals surface area contributed by atoms with E-state index in [0.29, 0.717) is 28.2 Å². The molecular weight excluding hydrogens is 343 g/mol. The van der Waals surface area contributed by atoms with E-state index < -0.39 is 0 Å². The van der Waals surface area contributed by atoms with Crippen LogP contribution in [0.15, 0.2) is 42.5 Å².